The van der Waals surface area contributed by atoms with Crippen LogP contribution < -0.4 is 5.32 Å². The van der Waals surface area contributed by atoms with E-state index < -0.39 is 0 Å². The summed E-state index contributed by atoms with van der Waals surface area (Å²) in [6, 6.07) is 6.49. The first kappa shape index (κ1) is 15.0. The predicted molar refractivity (Wildman–Crippen MR) is 80.4 cm³/mol. The zero-order valence-electron chi connectivity index (χ0n) is 11.6. The van der Waals surface area contributed by atoms with Crippen LogP contribution in [-0.4, -0.2) is 33.4 Å². The Labute approximate surface area is 123 Å². The third kappa shape index (κ3) is 4.02. The molecule has 1 aromatic carbocycles. The van der Waals surface area contributed by atoms with E-state index in [0.717, 1.165) is 37.2 Å². The van der Waals surface area contributed by atoms with Gasteiger partial charge in [0.15, 0.2) is 0 Å². The fraction of sp³-hybridized carbons (Fsp3) is 0.600. The van der Waals surface area contributed by atoms with E-state index in [1.54, 1.807) is 7.11 Å². The van der Waals surface area contributed by atoms with Crippen LogP contribution in [0.3, 0.4) is 0 Å². The first-order valence-electron chi connectivity index (χ1n) is 6.79. The van der Waals surface area contributed by atoms with E-state index in [9.17, 15) is 0 Å². The van der Waals surface area contributed by atoms with Crippen LogP contribution in [0.5, 0.6) is 0 Å². The normalized spacial score (nSPS) is 22.9. The van der Waals surface area contributed by atoms with Gasteiger partial charge in [-0.15, -0.1) is 0 Å². The number of nitrogens with one attached hydrogen (secondary N) is 1. The molecule has 0 aromatic heterocycles. The van der Waals surface area contributed by atoms with E-state index in [2.05, 4.69) is 46.4 Å². The number of hydrogen-bond donors (Lipinski definition) is 1. The second-order valence-electron chi connectivity index (χ2n) is 5.06. The summed E-state index contributed by atoms with van der Waals surface area (Å²) in [6.45, 7) is 5.59. The number of halogens is 1. The molecule has 1 fully saturated rings. The van der Waals surface area contributed by atoms with Crippen molar-refractivity contribution >= 4 is 15.9 Å². The largest absolute Gasteiger partial charge is 0.383 e. The van der Waals surface area contributed by atoms with Gasteiger partial charge in [0, 0.05) is 37.2 Å². The van der Waals surface area contributed by atoms with Gasteiger partial charge >= 0.3 is 0 Å². The van der Waals surface area contributed by atoms with E-state index in [1.165, 1.54) is 11.1 Å². The van der Waals surface area contributed by atoms with E-state index in [-0.39, 0.29) is 6.10 Å². The molecule has 1 aliphatic heterocycles. The van der Waals surface area contributed by atoms with Crippen molar-refractivity contribution < 1.29 is 9.47 Å². The lowest BCUT2D eigenvalue weighted by atomic mass is 9.94. The summed E-state index contributed by atoms with van der Waals surface area (Å²) in [6.07, 6.45) is 1.32. The topological polar surface area (TPSA) is 30.5 Å². The standard InChI is InChI=1S/C15H22BrNO2/c1-11-3-4-13(14(16)9-11)15-12(5-7-19-15)10-17-6-8-18-2/h3-4,9,12,15,17H,5-8,10H2,1-2H3. The highest BCUT2D eigenvalue weighted by atomic mass is 79.9. The first-order valence-corrected chi connectivity index (χ1v) is 7.59. The van der Waals surface area contributed by atoms with E-state index >= 15 is 0 Å². The number of aryl methyl sites for hydroxylation is 1. The van der Waals surface area contributed by atoms with Gasteiger partial charge in [-0.05, 0) is 30.5 Å². The summed E-state index contributed by atoms with van der Waals surface area (Å²) in [5, 5.41) is 3.44. The molecule has 1 aromatic rings. The molecule has 106 valence electrons. The molecule has 19 heavy (non-hydrogen) atoms. The van der Waals surface area contributed by atoms with Gasteiger partial charge in [0.2, 0.25) is 0 Å². The van der Waals surface area contributed by atoms with Crippen molar-refractivity contribution in [2.24, 2.45) is 5.92 Å². The minimum Gasteiger partial charge on any atom is -0.383 e. The van der Waals surface area contributed by atoms with E-state index in [1.807, 2.05) is 0 Å². The van der Waals surface area contributed by atoms with E-state index in [4.69, 9.17) is 9.47 Å². The summed E-state index contributed by atoms with van der Waals surface area (Å²) in [5.41, 5.74) is 2.53. The number of ether oxygens (including phenoxy) is 2. The maximum atomic E-state index is 5.93. The molecule has 0 amide bonds. The third-order valence-electron chi connectivity index (χ3n) is 3.57. The molecule has 0 aliphatic carbocycles. The zero-order valence-corrected chi connectivity index (χ0v) is 13.2. The monoisotopic (exact) mass is 327 g/mol. The Morgan fingerprint density at radius 1 is 1.47 bits per heavy atom. The summed E-state index contributed by atoms with van der Waals surface area (Å²) in [4.78, 5) is 0. The minimum atomic E-state index is 0.199. The zero-order chi connectivity index (χ0) is 13.7. The quantitative estimate of drug-likeness (QED) is 0.814. The fourth-order valence-electron chi connectivity index (χ4n) is 2.51. The Kier molecular flexibility index (Phi) is 5.82. The van der Waals surface area contributed by atoms with Crippen molar-refractivity contribution in [2.75, 3.05) is 33.4 Å². The summed E-state index contributed by atoms with van der Waals surface area (Å²) < 4.78 is 12.1. The summed E-state index contributed by atoms with van der Waals surface area (Å²) in [7, 11) is 1.73. The molecule has 3 nitrogen and oxygen atoms in total. The molecule has 1 saturated heterocycles. The molecular formula is C15H22BrNO2. The Morgan fingerprint density at radius 3 is 3.05 bits per heavy atom. The number of rotatable bonds is 6. The van der Waals surface area contributed by atoms with Crippen LogP contribution in [0.4, 0.5) is 0 Å². The van der Waals surface area contributed by atoms with Crippen molar-refractivity contribution in [3.8, 4) is 0 Å². The molecule has 1 N–H and O–H groups in total. The van der Waals surface area contributed by atoms with Gasteiger partial charge in [-0.2, -0.15) is 0 Å². The van der Waals surface area contributed by atoms with Gasteiger partial charge in [0.1, 0.15) is 0 Å². The van der Waals surface area contributed by atoms with Crippen molar-refractivity contribution in [1.82, 2.24) is 5.32 Å². The lowest BCUT2D eigenvalue weighted by Crippen LogP contribution is -2.27. The number of benzene rings is 1. The van der Waals surface area contributed by atoms with Gasteiger partial charge in [0.25, 0.3) is 0 Å². The Hall–Kier alpha value is -0.420. The second-order valence-corrected chi connectivity index (χ2v) is 5.92. The van der Waals surface area contributed by atoms with Crippen LogP contribution in [0.15, 0.2) is 22.7 Å². The molecule has 4 heteroatoms. The predicted octanol–water partition coefficient (Wildman–Crippen LogP) is 3.07. The Morgan fingerprint density at radius 2 is 2.32 bits per heavy atom. The molecule has 1 heterocycles. The maximum Gasteiger partial charge on any atom is 0.0876 e. The average molecular weight is 328 g/mol. The molecular weight excluding hydrogens is 306 g/mol. The maximum absolute atomic E-state index is 5.93. The van der Waals surface area contributed by atoms with Crippen LogP contribution >= 0.6 is 15.9 Å². The molecule has 1 aliphatic rings. The van der Waals surface area contributed by atoms with Crippen LogP contribution in [0.25, 0.3) is 0 Å². The first-order chi connectivity index (χ1) is 9.22. The van der Waals surface area contributed by atoms with Crippen molar-refractivity contribution in [1.29, 1.82) is 0 Å². The van der Waals surface area contributed by atoms with Gasteiger partial charge < -0.3 is 14.8 Å². The molecule has 2 unspecified atom stereocenters. The Bertz CT molecular complexity index is 411. The smallest absolute Gasteiger partial charge is 0.0876 e. The molecule has 0 saturated carbocycles. The van der Waals surface area contributed by atoms with Crippen LogP contribution in [0.2, 0.25) is 0 Å². The number of hydrogen-bond acceptors (Lipinski definition) is 3. The van der Waals surface area contributed by atoms with Gasteiger partial charge in [-0.3, -0.25) is 0 Å². The molecule has 0 radical (unpaired) electrons. The van der Waals surface area contributed by atoms with Crippen LogP contribution in [0.1, 0.15) is 23.7 Å². The Balaban J connectivity index is 1.97. The highest BCUT2D eigenvalue weighted by Gasteiger charge is 2.30. The third-order valence-corrected chi connectivity index (χ3v) is 4.25. The highest BCUT2D eigenvalue weighted by molar-refractivity contribution is 9.10. The van der Waals surface area contributed by atoms with Crippen molar-refractivity contribution in [3.05, 3.63) is 33.8 Å². The average Bonchev–Trinajstić information content (AvgIpc) is 2.83. The van der Waals surface area contributed by atoms with Crippen molar-refractivity contribution in [3.63, 3.8) is 0 Å². The molecule has 0 bridgehead atoms. The SMILES string of the molecule is COCCNCC1CCOC1c1ccc(C)cc1Br. The lowest BCUT2D eigenvalue weighted by molar-refractivity contribution is 0.0893. The molecule has 2 atom stereocenters. The minimum absolute atomic E-state index is 0.199. The van der Waals surface area contributed by atoms with Gasteiger partial charge in [-0.25, -0.2) is 0 Å². The summed E-state index contributed by atoms with van der Waals surface area (Å²) >= 11 is 3.66. The van der Waals surface area contributed by atoms with Crippen LogP contribution in [0, 0.1) is 12.8 Å². The molecule has 2 rings (SSSR count). The van der Waals surface area contributed by atoms with Crippen LogP contribution in [-0.2, 0) is 9.47 Å². The van der Waals surface area contributed by atoms with Gasteiger partial charge in [0.05, 0.1) is 12.7 Å². The number of methoxy groups -OCH3 is 1. The second kappa shape index (κ2) is 7.39. The lowest BCUT2D eigenvalue weighted by Gasteiger charge is -2.21. The molecule has 0 spiro atoms. The van der Waals surface area contributed by atoms with Gasteiger partial charge in [-0.1, -0.05) is 28.1 Å². The van der Waals surface area contributed by atoms with E-state index in [0.29, 0.717) is 5.92 Å². The fourth-order valence-corrected chi connectivity index (χ4v) is 3.23. The summed E-state index contributed by atoms with van der Waals surface area (Å²) in [5.74, 6) is 0.538. The van der Waals surface area contributed by atoms with Crippen molar-refractivity contribution in [2.45, 2.75) is 19.4 Å². The highest BCUT2D eigenvalue weighted by Crippen LogP contribution is 2.37.